The van der Waals surface area contributed by atoms with Crippen molar-refractivity contribution < 1.29 is 4.79 Å². The van der Waals surface area contributed by atoms with Gasteiger partial charge in [0.25, 0.3) is 0 Å². The van der Waals surface area contributed by atoms with E-state index in [2.05, 4.69) is 12.1 Å². The molecule has 17 heavy (non-hydrogen) atoms. The molecule has 0 saturated heterocycles. The van der Waals surface area contributed by atoms with E-state index in [0.29, 0.717) is 6.42 Å². The average Bonchev–Trinajstić information content (AvgIpc) is 2.32. The minimum atomic E-state index is -0.298. The van der Waals surface area contributed by atoms with Crippen molar-refractivity contribution in [2.75, 3.05) is 0 Å². The van der Waals surface area contributed by atoms with Gasteiger partial charge in [-0.05, 0) is 29.8 Å². The standard InChI is InChI=1S/C14H13NOS/c15-14(16)10-11-6-8-13(9-7-11)17-12-4-2-1-3-5-12/h1-9H,10H2,(H2,15,16). The van der Waals surface area contributed by atoms with Gasteiger partial charge in [-0.3, -0.25) is 4.79 Å². The Morgan fingerprint density at radius 1 is 0.941 bits per heavy atom. The quantitative estimate of drug-likeness (QED) is 0.897. The molecule has 0 bridgehead atoms. The fourth-order valence-electron chi connectivity index (χ4n) is 1.50. The summed E-state index contributed by atoms with van der Waals surface area (Å²) in [6.45, 7) is 0. The molecule has 3 heteroatoms. The maximum atomic E-state index is 10.8. The zero-order chi connectivity index (χ0) is 12.1. The van der Waals surface area contributed by atoms with E-state index in [1.165, 1.54) is 4.90 Å². The molecule has 0 radical (unpaired) electrons. The Morgan fingerprint density at radius 2 is 1.53 bits per heavy atom. The molecule has 0 heterocycles. The molecule has 0 aliphatic carbocycles. The number of benzene rings is 2. The highest BCUT2D eigenvalue weighted by molar-refractivity contribution is 7.99. The molecule has 2 aromatic rings. The number of nitrogens with two attached hydrogens (primary N) is 1. The molecule has 0 fully saturated rings. The Balaban J connectivity index is 2.06. The average molecular weight is 243 g/mol. The molecule has 0 atom stereocenters. The van der Waals surface area contributed by atoms with Gasteiger partial charge in [0.15, 0.2) is 0 Å². The lowest BCUT2D eigenvalue weighted by Crippen LogP contribution is -2.13. The highest BCUT2D eigenvalue weighted by atomic mass is 32.2. The van der Waals surface area contributed by atoms with Gasteiger partial charge >= 0.3 is 0 Å². The van der Waals surface area contributed by atoms with Crippen molar-refractivity contribution in [3.8, 4) is 0 Å². The number of carbonyl (C=O) groups excluding carboxylic acids is 1. The second-order valence-electron chi connectivity index (χ2n) is 3.70. The highest BCUT2D eigenvalue weighted by Gasteiger charge is 2.00. The van der Waals surface area contributed by atoms with Gasteiger partial charge in [0, 0.05) is 9.79 Å². The van der Waals surface area contributed by atoms with Gasteiger partial charge in [-0.1, -0.05) is 42.1 Å². The second-order valence-corrected chi connectivity index (χ2v) is 4.85. The summed E-state index contributed by atoms with van der Waals surface area (Å²) < 4.78 is 0. The normalized spacial score (nSPS) is 10.1. The fourth-order valence-corrected chi connectivity index (χ4v) is 2.34. The van der Waals surface area contributed by atoms with E-state index in [4.69, 9.17) is 5.73 Å². The maximum Gasteiger partial charge on any atom is 0.221 e. The van der Waals surface area contributed by atoms with Crippen molar-refractivity contribution in [2.45, 2.75) is 16.2 Å². The topological polar surface area (TPSA) is 43.1 Å². The number of amides is 1. The van der Waals surface area contributed by atoms with Crippen LogP contribution in [0, 0.1) is 0 Å². The number of rotatable bonds is 4. The summed E-state index contributed by atoms with van der Waals surface area (Å²) in [7, 11) is 0. The predicted octanol–water partition coefficient (Wildman–Crippen LogP) is 2.87. The van der Waals surface area contributed by atoms with Crippen LogP contribution >= 0.6 is 11.8 Å². The smallest absolute Gasteiger partial charge is 0.221 e. The van der Waals surface area contributed by atoms with Crippen LogP contribution in [-0.4, -0.2) is 5.91 Å². The Kier molecular flexibility index (Phi) is 3.83. The molecular formula is C14H13NOS. The Hall–Kier alpha value is -1.74. The predicted molar refractivity (Wildman–Crippen MR) is 69.9 cm³/mol. The zero-order valence-corrected chi connectivity index (χ0v) is 10.1. The third kappa shape index (κ3) is 3.64. The summed E-state index contributed by atoms with van der Waals surface area (Å²) in [6, 6.07) is 18.1. The summed E-state index contributed by atoms with van der Waals surface area (Å²) in [4.78, 5) is 13.1. The van der Waals surface area contributed by atoms with Gasteiger partial charge < -0.3 is 5.73 Å². The van der Waals surface area contributed by atoms with Crippen LogP contribution in [0.15, 0.2) is 64.4 Å². The molecule has 0 saturated carbocycles. The molecule has 86 valence electrons. The first-order chi connectivity index (χ1) is 8.24. The van der Waals surface area contributed by atoms with E-state index in [-0.39, 0.29) is 5.91 Å². The molecular weight excluding hydrogens is 230 g/mol. The summed E-state index contributed by atoms with van der Waals surface area (Å²) in [5, 5.41) is 0. The van der Waals surface area contributed by atoms with Crippen LogP contribution in [0.5, 0.6) is 0 Å². The largest absolute Gasteiger partial charge is 0.369 e. The van der Waals surface area contributed by atoms with Crippen LogP contribution in [0.4, 0.5) is 0 Å². The van der Waals surface area contributed by atoms with Crippen molar-refractivity contribution in [1.82, 2.24) is 0 Å². The van der Waals surface area contributed by atoms with E-state index in [0.717, 1.165) is 10.5 Å². The first kappa shape index (κ1) is 11.7. The lowest BCUT2D eigenvalue weighted by atomic mass is 10.1. The van der Waals surface area contributed by atoms with Gasteiger partial charge in [0.05, 0.1) is 6.42 Å². The van der Waals surface area contributed by atoms with E-state index in [1.54, 1.807) is 11.8 Å². The van der Waals surface area contributed by atoms with E-state index in [9.17, 15) is 4.79 Å². The monoisotopic (exact) mass is 243 g/mol. The van der Waals surface area contributed by atoms with Crippen LogP contribution in [0.3, 0.4) is 0 Å². The maximum absolute atomic E-state index is 10.8. The van der Waals surface area contributed by atoms with Crippen molar-refractivity contribution in [3.63, 3.8) is 0 Å². The molecule has 0 unspecified atom stereocenters. The summed E-state index contributed by atoms with van der Waals surface area (Å²) in [5.41, 5.74) is 6.10. The number of primary amides is 1. The minimum Gasteiger partial charge on any atom is -0.369 e. The molecule has 2 nitrogen and oxygen atoms in total. The van der Waals surface area contributed by atoms with Crippen LogP contribution in [-0.2, 0) is 11.2 Å². The lowest BCUT2D eigenvalue weighted by molar-refractivity contribution is -0.117. The van der Waals surface area contributed by atoms with E-state index >= 15 is 0 Å². The molecule has 2 aromatic carbocycles. The molecule has 0 aliphatic heterocycles. The summed E-state index contributed by atoms with van der Waals surface area (Å²) in [5.74, 6) is -0.298. The molecule has 2 N–H and O–H groups in total. The SMILES string of the molecule is NC(=O)Cc1ccc(Sc2ccccc2)cc1. The summed E-state index contributed by atoms with van der Waals surface area (Å²) in [6.07, 6.45) is 0.302. The summed E-state index contributed by atoms with van der Waals surface area (Å²) >= 11 is 1.70. The highest BCUT2D eigenvalue weighted by Crippen LogP contribution is 2.27. The Bertz CT molecular complexity index is 493. The molecule has 0 spiro atoms. The first-order valence-electron chi connectivity index (χ1n) is 5.34. The molecule has 0 aromatic heterocycles. The van der Waals surface area contributed by atoms with Crippen LogP contribution in [0.25, 0.3) is 0 Å². The Labute approximate surface area is 105 Å². The number of hydrogen-bond donors (Lipinski definition) is 1. The Morgan fingerprint density at radius 3 is 2.12 bits per heavy atom. The minimum absolute atomic E-state index is 0.298. The van der Waals surface area contributed by atoms with Gasteiger partial charge in [-0.25, -0.2) is 0 Å². The van der Waals surface area contributed by atoms with E-state index in [1.807, 2.05) is 42.5 Å². The molecule has 0 aliphatic rings. The number of hydrogen-bond acceptors (Lipinski definition) is 2. The third-order valence-electron chi connectivity index (χ3n) is 2.28. The van der Waals surface area contributed by atoms with Gasteiger partial charge in [0.1, 0.15) is 0 Å². The first-order valence-corrected chi connectivity index (χ1v) is 6.16. The van der Waals surface area contributed by atoms with Gasteiger partial charge in [-0.2, -0.15) is 0 Å². The van der Waals surface area contributed by atoms with Gasteiger partial charge in [0.2, 0.25) is 5.91 Å². The molecule has 2 rings (SSSR count). The van der Waals surface area contributed by atoms with Gasteiger partial charge in [-0.15, -0.1) is 0 Å². The van der Waals surface area contributed by atoms with E-state index < -0.39 is 0 Å². The van der Waals surface area contributed by atoms with Crippen molar-refractivity contribution in [3.05, 3.63) is 60.2 Å². The van der Waals surface area contributed by atoms with Crippen molar-refractivity contribution >= 4 is 17.7 Å². The third-order valence-corrected chi connectivity index (χ3v) is 3.30. The zero-order valence-electron chi connectivity index (χ0n) is 9.30. The fraction of sp³-hybridized carbons (Fsp3) is 0.0714. The van der Waals surface area contributed by atoms with Crippen molar-refractivity contribution in [2.24, 2.45) is 5.73 Å². The van der Waals surface area contributed by atoms with Crippen LogP contribution in [0.1, 0.15) is 5.56 Å². The lowest BCUT2D eigenvalue weighted by Gasteiger charge is -2.02. The van der Waals surface area contributed by atoms with Crippen LogP contribution in [0.2, 0.25) is 0 Å². The molecule has 1 amide bonds. The number of carbonyl (C=O) groups is 1. The second kappa shape index (κ2) is 5.55. The van der Waals surface area contributed by atoms with Crippen LogP contribution < -0.4 is 5.73 Å². The van der Waals surface area contributed by atoms with Crippen molar-refractivity contribution in [1.29, 1.82) is 0 Å².